The topological polar surface area (TPSA) is 59.2 Å². The second kappa shape index (κ2) is 5.61. The fourth-order valence-electron chi connectivity index (χ4n) is 1.81. The third-order valence-electron chi connectivity index (χ3n) is 2.93. The molecule has 0 aliphatic rings. The Balaban J connectivity index is 2.99. The van der Waals surface area contributed by atoms with Crippen LogP contribution in [0.3, 0.4) is 0 Å². The SMILES string of the molecule is CCC(CC)N(C)C(=O)c1cc(F)cnc1N. The van der Waals surface area contributed by atoms with Gasteiger partial charge in [0.15, 0.2) is 0 Å². The predicted molar refractivity (Wildman–Crippen MR) is 65.1 cm³/mol. The molecule has 17 heavy (non-hydrogen) atoms. The summed E-state index contributed by atoms with van der Waals surface area (Å²) in [6, 6.07) is 1.26. The Bertz CT molecular complexity index is 405. The number of nitrogens with two attached hydrogens (primary N) is 1. The van der Waals surface area contributed by atoms with Crippen molar-refractivity contribution in [3.05, 3.63) is 23.6 Å². The Hall–Kier alpha value is -1.65. The molecule has 0 bridgehead atoms. The van der Waals surface area contributed by atoms with Crippen molar-refractivity contribution in [1.29, 1.82) is 0 Å². The lowest BCUT2D eigenvalue weighted by atomic mass is 10.1. The fraction of sp³-hybridized carbons (Fsp3) is 0.500. The minimum Gasteiger partial charge on any atom is -0.383 e. The Morgan fingerprint density at radius 2 is 2.12 bits per heavy atom. The summed E-state index contributed by atoms with van der Waals surface area (Å²) in [5.74, 6) is -0.780. The number of amides is 1. The zero-order valence-electron chi connectivity index (χ0n) is 10.4. The number of halogens is 1. The lowest BCUT2D eigenvalue weighted by Crippen LogP contribution is -2.36. The monoisotopic (exact) mass is 239 g/mol. The minimum absolute atomic E-state index is 0.0641. The molecule has 0 saturated carbocycles. The van der Waals surface area contributed by atoms with E-state index in [9.17, 15) is 9.18 Å². The van der Waals surface area contributed by atoms with Crippen molar-refractivity contribution in [1.82, 2.24) is 9.88 Å². The molecule has 1 rings (SSSR count). The number of pyridine rings is 1. The van der Waals surface area contributed by atoms with Crippen molar-refractivity contribution in [2.45, 2.75) is 32.7 Å². The second-order valence-corrected chi connectivity index (χ2v) is 3.97. The van der Waals surface area contributed by atoms with Crippen molar-refractivity contribution < 1.29 is 9.18 Å². The van der Waals surface area contributed by atoms with E-state index in [0.29, 0.717) is 0 Å². The lowest BCUT2D eigenvalue weighted by molar-refractivity contribution is 0.0724. The van der Waals surface area contributed by atoms with Crippen molar-refractivity contribution in [3.63, 3.8) is 0 Å². The zero-order valence-corrected chi connectivity index (χ0v) is 10.4. The highest BCUT2D eigenvalue weighted by Crippen LogP contribution is 2.16. The zero-order chi connectivity index (χ0) is 13.0. The van der Waals surface area contributed by atoms with Gasteiger partial charge in [0.2, 0.25) is 0 Å². The van der Waals surface area contributed by atoms with Gasteiger partial charge in [-0.15, -0.1) is 0 Å². The van der Waals surface area contributed by atoms with Crippen LogP contribution in [-0.4, -0.2) is 28.9 Å². The van der Waals surface area contributed by atoms with Gasteiger partial charge in [0.05, 0.1) is 11.8 Å². The van der Waals surface area contributed by atoms with Gasteiger partial charge in [0.1, 0.15) is 11.6 Å². The molecule has 0 radical (unpaired) electrons. The first-order valence-electron chi connectivity index (χ1n) is 5.69. The van der Waals surface area contributed by atoms with E-state index < -0.39 is 5.82 Å². The largest absolute Gasteiger partial charge is 0.383 e. The smallest absolute Gasteiger partial charge is 0.257 e. The van der Waals surface area contributed by atoms with Gasteiger partial charge in [-0.1, -0.05) is 13.8 Å². The molecule has 1 aromatic rings. The van der Waals surface area contributed by atoms with Crippen LogP contribution < -0.4 is 5.73 Å². The van der Waals surface area contributed by atoms with E-state index in [0.717, 1.165) is 25.1 Å². The highest BCUT2D eigenvalue weighted by molar-refractivity contribution is 5.98. The number of rotatable bonds is 4. The molecule has 0 fully saturated rings. The van der Waals surface area contributed by atoms with E-state index in [1.165, 1.54) is 0 Å². The van der Waals surface area contributed by atoms with Crippen LogP contribution in [0.1, 0.15) is 37.0 Å². The molecular formula is C12H18FN3O. The quantitative estimate of drug-likeness (QED) is 0.875. The third kappa shape index (κ3) is 2.93. The first kappa shape index (κ1) is 13.4. The molecule has 0 atom stereocenters. The molecule has 2 N–H and O–H groups in total. The summed E-state index contributed by atoms with van der Waals surface area (Å²) < 4.78 is 13.0. The van der Waals surface area contributed by atoms with Crippen LogP contribution in [0.5, 0.6) is 0 Å². The van der Waals surface area contributed by atoms with Crippen LogP contribution in [-0.2, 0) is 0 Å². The van der Waals surface area contributed by atoms with Crippen LogP contribution in [0, 0.1) is 5.82 Å². The lowest BCUT2D eigenvalue weighted by Gasteiger charge is -2.26. The molecular weight excluding hydrogens is 221 g/mol. The number of hydrogen-bond donors (Lipinski definition) is 1. The summed E-state index contributed by atoms with van der Waals surface area (Å²) in [4.78, 5) is 17.4. The second-order valence-electron chi connectivity index (χ2n) is 3.97. The third-order valence-corrected chi connectivity index (χ3v) is 2.93. The molecule has 0 aromatic carbocycles. The minimum atomic E-state index is -0.555. The maximum absolute atomic E-state index is 13.0. The van der Waals surface area contributed by atoms with Crippen LogP contribution in [0.2, 0.25) is 0 Å². The summed E-state index contributed by atoms with van der Waals surface area (Å²) in [6.45, 7) is 4.01. The molecule has 1 aromatic heterocycles. The number of nitrogen functional groups attached to an aromatic ring is 1. The average molecular weight is 239 g/mol. The maximum atomic E-state index is 13.0. The molecule has 94 valence electrons. The van der Waals surface area contributed by atoms with E-state index in [2.05, 4.69) is 4.98 Å². The highest BCUT2D eigenvalue weighted by atomic mass is 19.1. The Kier molecular flexibility index (Phi) is 4.43. The molecule has 0 aliphatic heterocycles. The fourth-order valence-corrected chi connectivity index (χ4v) is 1.81. The molecule has 1 amide bonds. The summed E-state index contributed by atoms with van der Waals surface area (Å²) in [7, 11) is 1.70. The first-order valence-corrected chi connectivity index (χ1v) is 5.69. The van der Waals surface area contributed by atoms with Crippen LogP contribution in [0.15, 0.2) is 12.3 Å². The standard InChI is InChI=1S/C12H18FN3O/c1-4-9(5-2)16(3)12(17)10-6-8(13)7-15-11(10)14/h6-7,9H,4-5H2,1-3H3,(H2,14,15). The van der Waals surface area contributed by atoms with E-state index in [-0.39, 0.29) is 23.3 Å². The molecule has 0 spiro atoms. The summed E-state index contributed by atoms with van der Waals surface area (Å²) >= 11 is 0. The van der Waals surface area contributed by atoms with Crippen molar-refractivity contribution >= 4 is 11.7 Å². The van der Waals surface area contributed by atoms with Gasteiger partial charge in [0, 0.05) is 13.1 Å². The van der Waals surface area contributed by atoms with Crippen LogP contribution in [0.25, 0.3) is 0 Å². The van der Waals surface area contributed by atoms with Gasteiger partial charge in [-0.25, -0.2) is 9.37 Å². The highest BCUT2D eigenvalue weighted by Gasteiger charge is 2.21. The van der Waals surface area contributed by atoms with E-state index in [1.807, 2.05) is 13.8 Å². The number of carbonyl (C=O) groups excluding carboxylic acids is 1. The van der Waals surface area contributed by atoms with Gasteiger partial charge in [-0.05, 0) is 18.9 Å². The van der Waals surface area contributed by atoms with Gasteiger partial charge < -0.3 is 10.6 Å². The molecule has 0 unspecified atom stereocenters. The molecule has 1 heterocycles. The van der Waals surface area contributed by atoms with E-state index in [4.69, 9.17) is 5.73 Å². The number of aromatic nitrogens is 1. The summed E-state index contributed by atoms with van der Waals surface area (Å²) in [5, 5.41) is 0. The van der Waals surface area contributed by atoms with Gasteiger partial charge in [-0.2, -0.15) is 0 Å². The normalized spacial score (nSPS) is 10.6. The predicted octanol–water partition coefficient (Wildman–Crippen LogP) is 2.06. The Morgan fingerprint density at radius 1 is 1.53 bits per heavy atom. The molecule has 4 nitrogen and oxygen atoms in total. The summed E-state index contributed by atoms with van der Waals surface area (Å²) in [5.41, 5.74) is 5.71. The van der Waals surface area contributed by atoms with Crippen molar-refractivity contribution in [3.8, 4) is 0 Å². The summed E-state index contributed by atoms with van der Waals surface area (Å²) in [6.07, 6.45) is 2.70. The van der Waals surface area contributed by atoms with Crippen molar-refractivity contribution in [2.24, 2.45) is 0 Å². The molecule has 5 heteroatoms. The van der Waals surface area contributed by atoms with Crippen LogP contribution in [0.4, 0.5) is 10.2 Å². The Morgan fingerprint density at radius 3 is 2.65 bits per heavy atom. The van der Waals surface area contributed by atoms with E-state index >= 15 is 0 Å². The molecule has 0 saturated heterocycles. The Labute approximate surface area is 101 Å². The molecule has 0 aliphatic carbocycles. The first-order chi connectivity index (χ1) is 8.01. The number of carbonyl (C=O) groups is 1. The van der Waals surface area contributed by atoms with Gasteiger partial charge in [0.25, 0.3) is 5.91 Å². The average Bonchev–Trinajstić information content (AvgIpc) is 2.32. The van der Waals surface area contributed by atoms with Gasteiger partial charge >= 0.3 is 0 Å². The van der Waals surface area contributed by atoms with E-state index in [1.54, 1.807) is 11.9 Å². The number of anilines is 1. The van der Waals surface area contributed by atoms with Gasteiger partial charge in [-0.3, -0.25) is 4.79 Å². The number of nitrogens with zero attached hydrogens (tertiary/aromatic N) is 2. The number of hydrogen-bond acceptors (Lipinski definition) is 3. The van der Waals surface area contributed by atoms with Crippen LogP contribution >= 0.6 is 0 Å². The maximum Gasteiger partial charge on any atom is 0.257 e. The van der Waals surface area contributed by atoms with Crippen molar-refractivity contribution in [2.75, 3.05) is 12.8 Å².